The molecular formula is C61H85NO7. The Labute approximate surface area is 415 Å². The molecule has 3 aromatic carbocycles. The maximum absolute atomic E-state index is 13.0. The van der Waals surface area contributed by atoms with Crippen molar-refractivity contribution in [2.24, 2.45) is 51.3 Å². The highest BCUT2D eigenvalue weighted by Gasteiger charge is 2.59. The molecule has 0 aromatic heterocycles. The van der Waals surface area contributed by atoms with Gasteiger partial charge in [0.2, 0.25) is 0 Å². The number of hydrogen-bond acceptors (Lipinski definition) is 8. The van der Waals surface area contributed by atoms with E-state index in [1.54, 1.807) is 72.5 Å². The first-order valence-electron chi connectivity index (χ1n) is 27.3. The van der Waals surface area contributed by atoms with Crippen molar-refractivity contribution >= 4 is 23.8 Å². The number of fused-ring (bicyclic) bond motifs is 5. The summed E-state index contributed by atoms with van der Waals surface area (Å²) in [5, 5.41) is 10.7. The topological polar surface area (TPSA) is 104 Å². The van der Waals surface area contributed by atoms with Crippen molar-refractivity contribution in [2.75, 3.05) is 13.2 Å². The number of unbranched alkanes of at least 4 members (excludes halogenated alkanes) is 7. The zero-order valence-electron chi connectivity index (χ0n) is 43.2. The highest BCUT2D eigenvalue weighted by atomic mass is 16.5. The quantitative estimate of drug-likeness (QED) is 0.0297. The Morgan fingerprint density at radius 1 is 0.754 bits per heavy atom. The molecule has 376 valence electrons. The van der Waals surface area contributed by atoms with Crippen LogP contribution in [-0.2, 0) is 9.53 Å². The number of carbonyl (C=O) groups is 2. The fourth-order valence-corrected chi connectivity index (χ4v) is 13.1. The lowest BCUT2D eigenvalue weighted by Gasteiger charge is -2.58. The average Bonchev–Trinajstić information content (AvgIpc) is 3.70. The molecule has 0 unspecified atom stereocenters. The molecule has 0 saturated heterocycles. The average molecular weight is 944 g/mol. The van der Waals surface area contributed by atoms with Crippen LogP contribution in [0, 0.1) is 46.3 Å². The first kappa shape index (κ1) is 52.2. The molecule has 8 atom stereocenters. The van der Waals surface area contributed by atoms with E-state index >= 15 is 0 Å². The molecular weight excluding hydrogens is 859 g/mol. The standard InChI is InChI=1S/C61H85NO7/c1-7-8-9-10-11-14-38-66-49-26-20-45(21-27-49)59(65)69-50-29-24-48(25-30-50)62-42-46-22-28-51(41-57(46)63)67-39-15-12-13-19-58(64)68-52-34-36-60(5)47(40-52)23-31-53-55-33-32-54(44(4)18-16-17-43(2)3)61(55,6)37-35-56(53)60/h20-30,41-44,52-56,63H,7-19,31-40H2,1-6H3/t44-,52+,53+,54-,55+,56+,60+,61-/m1/s1. The number of aliphatic imine (C=N–C) groups is 1. The molecule has 0 radical (unpaired) electrons. The van der Waals surface area contributed by atoms with Gasteiger partial charge in [-0.1, -0.05) is 105 Å². The number of rotatable bonds is 25. The summed E-state index contributed by atoms with van der Waals surface area (Å²) in [6.07, 6.45) is 28.3. The van der Waals surface area contributed by atoms with Gasteiger partial charge < -0.3 is 24.1 Å². The minimum absolute atomic E-state index is 0.00106. The SMILES string of the molecule is CCCCCCCCOc1ccc(C(=O)Oc2ccc(N=Cc3ccc(OCCCCCC(=O)O[C@H]4CC[C@@]5(C)C(=CC[C@H]6[C@@H]7CC[C@H]([C@H](C)CCCC(C)C)[C@@]7(C)CC[C@@H]65)C4)cc3O)cc2)cc1. The van der Waals surface area contributed by atoms with Crippen molar-refractivity contribution in [1.82, 2.24) is 0 Å². The largest absolute Gasteiger partial charge is 0.507 e. The lowest BCUT2D eigenvalue weighted by molar-refractivity contribution is -0.151. The zero-order valence-corrected chi connectivity index (χ0v) is 43.2. The van der Waals surface area contributed by atoms with Gasteiger partial charge in [0.1, 0.15) is 29.1 Å². The van der Waals surface area contributed by atoms with Crippen molar-refractivity contribution in [1.29, 1.82) is 0 Å². The van der Waals surface area contributed by atoms with E-state index in [2.05, 4.69) is 52.6 Å². The molecule has 0 heterocycles. The zero-order chi connectivity index (χ0) is 48.8. The van der Waals surface area contributed by atoms with Crippen LogP contribution < -0.4 is 14.2 Å². The van der Waals surface area contributed by atoms with Crippen LogP contribution in [0.1, 0.15) is 192 Å². The highest BCUT2D eigenvalue weighted by Crippen LogP contribution is 2.67. The Hall–Kier alpha value is -4.59. The van der Waals surface area contributed by atoms with Crippen LogP contribution >= 0.6 is 0 Å². The van der Waals surface area contributed by atoms with Gasteiger partial charge >= 0.3 is 11.9 Å². The fraction of sp³-hybridized carbons (Fsp3) is 0.623. The minimum atomic E-state index is -0.446. The number of ether oxygens (including phenoxy) is 4. The first-order chi connectivity index (χ1) is 33.4. The molecule has 0 spiro atoms. The number of hydrogen-bond donors (Lipinski definition) is 1. The van der Waals surface area contributed by atoms with Gasteiger partial charge in [-0.3, -0.25) is 9.79 Å². The van der Waals surface area contributed by atoms with Crippen molar-refractivity contribution in [3.63, 3.8) is 0 Å². The van der Waals surface area contributed by atoms with Crippen LogP contribution in [0.2, 0.25) is 0 Å². The van der Waals surface area contributed by atoms with E-state index in [-0.39, 0.29) is 23.2 Å². The van der Waals surface area contributed by atoms with E-state index in [4.69, 9.17) is 18.9 Å². The van der Waals surface area contributed by atoms with Crippen LogP contribution in [0.15, 0.2) is 83.4 Å². The van der Waals surface area contributed by atoms with Crippen LogP contribution in [0.3, 0.4) is 0 Å². The molecule has 3 fully saturated rings. The van der Waals surface area contributed by atoms with E-state index in [0.717, 1.165) is 86.2 Å². The molecule has 8 nitrogen and oxygen atoms in total. The van der Waals surface area contributed by atoms with Gasteiger partial charge in [0.15, 0.2) is 0 Å². The van der Waals surface area contributed by atoms with Crippen molar-refractivity contribution < 1.29 is 33.6 Å². The van der Waals surface area contributed by atoms with Crippen LogP contribution in [0.5, 0.6) is 23.0 Å². The van der Waals surface area contributed by atoms with Gasteiger partial charge in [0.25, 0.3) is 0 Å². The highest BCUT2D eigenvalue weighted by molar-refractivity contribution is 5.91. The molecule has 1 N–H and O–H groups in total. The van der Waals surface area contributed by atoms with E-state index in [1.807, 2.05) is 6.07 Å². The number of allylic oxidation sites excluding steroid dienone is 1. The molecule has 3 aromatic rings. The second kappa shape index (κ2) is 25.0. The van der Waals surface area contributed by atoms with Gasteiger partial charge in [0, 0.05) is 30.7 Å². The summed E-state index contributed by atoms with van der Waals surface area (Å²) in [6, 6.07) is 19.1. The third-order valence-corrected chi connectivity index (χ3v) is 17.1. The second-order valence-corrected chi connectivity index (χ2v) is 22.3. The van der Waals surface area contributed by atoms with Crippen molar-refractivity contribution in [2.45, 2.75) is 182 Å². The number of phenolic OH excluding ortho intramolecular Hbond substituents is 1. The molecule has 3 saturated carbocycles. The summed E-state index contributed by atoms with van der Waals surface area (Å²) < 4.78 is 23.5. The van der Waals surface area contributed by atoms with Gasteiger partial charge in [-0.05, 0) is 178 Å². The molecule has 4 aliphatic carbocycles. The van der Waals surface area contributed by atoms with E-state index in [9.17, 15) is 14.7 Å². The molecule has 4 aliphatic rings. The van der Waals surface area contributed by atoms with Crippen molar-refractivity contribution in [3.8, 4) is 23.0 Å². The first-order valence-corrected chi connectivity index (χ1v) is 27.3. The maximum atomic E-state index is 13.0. The Kier molecular flexibility index (Phi) is 18.9. The third kappa shape index (κ3) is 13.8. The fourth-order valence-electron chi connectivity index (χ4n) is 13.1. The Balaban J connectivity index is 0.767. The molecule has 0 aliphatic heterocycles. The van der Waals surface area contributed by atoms with E-state index in [1.165, 1.54) is 83.5 Å². The lowest BCUT2D eigenvalue weighted by atomic mass is 9.47. The van der Waals surface area contributed by atoms with Crippen molar-refractivity contribution in [3.05, 3.63) is 89.5 Å². The van der Waals surface area contributed by atoms with E-state index < -0.39 is 5.97 Å². The summed E-state index contributed by atoms with van der Waals surface area (Å²) in [4.78, 5) is 30.3. The van der Waals surface area contributed by atoms with Gasteiger partial charge in [-0.2, -0.15) is 0 Å². The second-order valence-electron chi connectivity index (χ2n) is 22.3. The Bertz CT molecular complexity index is 2160. The smallest absolute Gasteiger partial charge is 0.343 e. The van der Waals surface area contributed by atoms with E-state index in [0.29, 0.717) is 53.4 Å². The summed E-state index contributed by atoms with van der Waals surface area (Å²) in [5.74, 6) is 6.25. The van der Waals surface area contributed by atoms with Gasteiger partial charge in [-0.15, -0.1) is 0 Å². The van der Waals surface area contributed by atoms with Gasteiger partial charge in [-0.25, -0.2) is 4.79 Å². The molecule has 7 rings (SSSR count). The van der Waals surface area contributed by atoms with Crippen LogP contribution in [0.4, 0.5) is 5.69 Å². The number of nitrogens with zero attached hydrogens (tertiary/aromatic N) is 1. The third-order valence-electron chi connectivity index (χ3n) is 17.1. The maximum Gasteiger partial charge on any atom is 0.343 e. The lowest BCUT2D eigenvalue weighted by Crippen LogP contribution is -2.51. The number of phenols is 1. The number of esters is 2. The molecule has 0 amide bonds. The summed E-state index contributed by atoms with van der Waals surface area (Å²) in [7, 11) is 0. The predicted octanol–water partition coefficient (Wildman–Crippen LogP) is 16.0. The van der Waals surface area contributed by atoms with Gasteiger partial charge in [0.05, 0.1) is 24.5 Å². The Morgan fingerprint density at radius 3 is 2.19 bits per heavy atom. The number of carbonyl (C=O) groups excluding carboxylic acids is 2. The number of benzene rings is 3. The predicted molar refractivity (Wildman–Crippen MR) is 279 cm³/mol. The summed E-state index contributed by atoms with van der Waals surface area (Å²) >= 11 is 0. The summed E-state index contributed by atoms with van der Waals surface area (Å²) in [5.41, 5.74) is 3.98. The van der Waals surface area contributed by atoms with Crippen LogP contribution in [0.25, 0.3) is 0 Å². The molecule has 69 heavy (non-hydrogen) atoms. The minimum Gasteiger partial charge on any atom is -0.507 e. The molecule has 8 heteroatoms. The normalized spacial score (nSPS) is 25.6. The monoisotopic (exact) mass is 944 g/mol. The molecule has 0 bridgehead atoms. The van der Waals surface area contributed by atoms with Crippen LogP contribution in [-0.4, -0.2) is 42.6 Å². The Morgan fingerprint density at radius 2 is 1.45 bits per heavy atom. The summed E-state index contributed by atoms with van der Waals surface area (Å²) in [6.45, 7) is 15.9. The number of aromatic hydroxyl groups is 1.